The summed E-state index contributed by atoms with van der Waals surface area (Å²) in [5.41, 5.74) is 0. The molecular weight excluding hydrogens is 837 g/mol. The zero-order valence-electron chi connectivity index (χ0n) is 45.6. The minimum absolute atomic E-state index is 0.0797. The van der Waals surface area contributed by atoms with Gasteiger partial charge < -0.3 is 14.2 Å². The Morgan fingerprint density at radius 2 is 0.662 bits per heavy atom. The van der Waals surface area contributed by atoms with Crippen molar-refractivity contribution in [2.24, 2.45) is 0 Å². The maximum absolute atomic E-state index is 12.9. The van der Waals surface area contributed by atoms with Gasteiger partial charge in [0, 0.05) is 19.4 Å². The summed E-state index contributed by atoms with van der Waals surface area (Å²) in [4.78, 5) is 25.5. The maximum Gasteiger partial charge on any atom is 0.306 e. The first-order chi connectivity index (χ1) is 33.6. The molecule has 0 N–H and O–H groups in total. The van der Waals surface area contributed by atoms with Crippen LogP contribution >= 0.6 is 0 Å². The van der Waals surface area contributed by atoms with Crippen molar-refractivity contribution < 1.29 is 23.8 Å². The Morgan fingerprint density at radius 3 is 1.09 bits per heavy atom. The Labute approximate surface area is 424 Å². The molecule has 0 spiro atoms. The number of carbonyl (C=O) groups is 2. The van der Waals surface area contributed by atoms with Gasteiger partial charge in [0.25, 0.3) is 0 Å². The third kappa shape index (κ3) is 56.2. The van der Waals surface area contributed by atoms with Crippen molar-refractivity contribution in [2.75, 3.05) is 19.8 Å². The zero-order chi connectivity index (χ0) is 49.2. The van der Waals surface area contributed by atoms with Crippen molar-refractivity contribution >= 4 is 11.9 Å². The van der Waals surface area contributed by atoms with Gasteiger partial charge in [-0.15, -0.1) is 0 Å². The van der Waals surface area contributed by atoms with Crippen LogP contribution in [0.15, 0.2) is 60.8 Å². The second kappa shape index (κ2) is 58.9. The lowest BCUT2D eigenvalue weighted by molar-refractivity contribution is -0.163. The van der Waals surface area contributed by atoms with E-state index < -0.39 is 6.10 Å². The van der Waals surface area contributed by atoms with Gasteiger partial charge >= 0.3 is 11.9 Å². The Balaban J connectivity index is 4.26. The highest BCUT2D eigenvalue weighted by atomic mass is 16.6. The molecule has 0 heterocycles. The normalized spacial score (nSPS) is 12.6. The number of unbranched alkanes of at least 4 members (excludes halogenated alkanes) is 34. The second-order valence-electron chi connectivity index (χ2n) is 19.9. The summed E-state index contributed by atoms with van der Waals surface area (Å²) >= 11 is 0. The van der Waals surface area contributed by atoms with Crippen molar-refractivity contribution in [1.29, 1.82) is 0 Å². The van der Waals surface area contributed by atoms with Crippen LogP contribution in [0.25, 0.3) is 0 Å². The minimum Gasteiger partial charge on any atom is -0.462 e. The highest BCUT2D eigenvalue weighted by molar-refractivity contribution is 5.70. The molecule has 396 valence electrons. The SMILES string of the molecule is CC/C=C\C/C=C\C/C=C\CCCCCCCC(=O)OC(COCCCCCCCCCCCC/C=C\C/C=C\CCCCC)COC(=O)CCCCCCCCCCCCCCCCCCC. The van der Waals surface area contributed by atoms with Crippen molar-refractivity contribution in [3.63, 3.8) is 0 Å². The summed E-state index contributed by atoms with van der Waals surface area (Å²) in [7, 11) is 0. The van der Waals surface area contributed by atoms with Gasteiger partial charge in [0.05, 0.1) is 6.61 Å². The molecule has 68 heavy (non-hydrogen) atoms. The molecule has 0 aromatic rings. The smallest absolute Gasteiger partial charge is 0.306 e. The van der Waals surface area contributed by atoms with E-state index in [-0.39, 0.29) is 25.2 Å². The highest BCUT2D eigenvalue weighted by Gasteiger charge is 2.17. The number of ether oxygens (including phenoxy) is 3. The molecule has 0 saturated carbocycles. The van der Waals surface area contributed by atoms with E-state index in [9.17, 15) is 9.59 Å². The molecule has 1 atom stereocenters. The molecule has 0 radical (unpaired) electrons. The molecule has 0 aliphatic carbocycles. The number of esters is 2. The Kier molecular flexibility index (Phi) is 56.8. The van der Waals surface area contributed by atoms with Gasteiger partial charge in [-0.25, -0.2) is 0 Å². The fourth-order valence-corrected chi connectivity index (χ4v) is 8.62. The van der Waals surface area contributed by atoms with Crippen molar-refractivity contribution in [2.45, 2.75) is 309 Å². The molecular formula is C63H114O5. The van der Waals surface area contributed by atoms with E-state index >= 15 is 0 Å². The summed E-state index contributed by atoms with van der Waals surface area (Å²) in [5, 5.41) is 0. The Bertz CT molecular complexity index is 1170. The lowest BCUT2D eigenvalue weighted by Gasteiger charge is -2.18. The summed E-state index contributed by atoms with van der Waals surface area (Å²) < 4.78 is 17.5. The molecule has 1 unspecified atom stereocenters. The molecule has 0 bridgehead atoms. The van der Waals surface area contributed by atoms with Gasteiger partial charge in [-0.3, -0.25) is 9.59 Å². The Hall–Kier alpha value is -2.40. The summed E-state index contributed by atoms with van der Waals surface area (Å²) in [6, 6.07) is 0. The van der Waals surface area contributed by atoms with E-state index in [1.165, 1.54) is 193 Å². The Morgan fingerprint density at radius 1 is 0.338 bits per heavy atom. The fourth-order valence-electron chi connectivity index (χ4n) is 8.62. The molecule has 0 rings (SSSR count). The third-order valence-electron chi connectivity index (χ3n) is 13.0. The van der Waals surface area contributed by atoms with E-state index in [1.54, 1.807) is 0 Å². The van der Waals surface area contributed by atoms with E-state index in [1.807, 2.05) is 0 Å². The van der Waals surface area contributed by atoms with Gasteiger partial charge in [0.2, 0.25) is 0 Å². The van der Waals surface area contributed by atoms with Gasteiger partial charge in [-0.1, -0.05) is 268 Å². The maximum atomic E-state index is 12.9. The molecule has 0 saturated heterocycles. The van der Waals surface area contributed by atoms with Crippen LogP contribution < -0.4 is 0 Å². The fraction of sp³-hybridized carbons (Fsp3) is 0.810. The predicted octanol–water partition coefficient (Wildman–Crippen LogP) is 20.5. The van der Waals surface area contributed by atoms with Crippen molar-refractivity contribution in [3.8, 4) is 0 Å². The zero-order valence-corrected chi connectivity index (χ0v) is 45.6. The van der Waals surface area contributed by atoms with Gasteiger partial charge in [-0.05, 0) is 83.5 Å². The summed E-state index contributed by atoms with van der Waals surface area (Å²) in [6.45, 7) is 7.72. The number of hydrogen-bond donors (Lipinski definition) is 0. The van der Waals surface area contributed by atoms with Crippen LogP contribution in [0.3, 0.4) is 0 Å². The highest BCUT2D eigenvalue weighted by Crippen LogP contribution is 2.16. The lowest BCUT2D eigenvalue weighted by Crippen LogP contribution is -2.30. The molecule has 0 aliphatic heterocycles. The molecule has 5 heteroatoms. The van der Waals surface area contributed by atoms with Gasteiger partial charge in [-0.2, -0.15) is 0 Å². The van der Waals surface area contributed by atoms with Crippen LogP contribution in [-0.4, -0.2) is 37.9 Å². The van der Waals surface area contributed by atoms with E-state index in [2.05, 4.69) is 81.5 Å². The van der Waals surface area contributed by atoms with Crippen molar-refractivity contribution in [3.05, 3.63) is 60.8 Å². The minimum atomic E-state index is -0.547. The third-order valence-corrected chi connectivity index (χ3v) is 13.0. The van der Waals surface area contributed by atoms with E-state index in [0.29, 0.717) is 19.4 Å². The standard InChI is InChI=1S/C63H114O5/c1-4-7-10-13-16-19-22-25-28-30-31-32-34-37-40-43-46-49-52-55-58-66-59-61(68-63(65)57-54-51-48-45-42-39-35-27-24-21-18-15-12-9-6-3)60-67-62(64)56-53-50-47-44-41-38-36-33-29-26-23-20-17-14-11-8-5-2/h9,12,16,18-19,21,25,27-28,35,61H,4-8,10-11,13-15,17,20,22-24,26,29-34,36-60H2,1-3H3/b12-9-,19-16-,21-18-,28-25-,35-27-. The summed E-state index contributed by atoms with van der Waals surface area (Å²) in [5.74, 6) is -0.403. The molecule has 0 amide bonds. The van der Waals surface area contributed by atoms with Crippen LogP contribution in [0.2, 0.25) is 0 Å². The lowest BCUT2D eigenvalue weighted by atomic mass is 10.0. The van der Waals surface area contributed by atoms with Crippen LogP contribution in [0.4, 0.5) is 0 Å². The molecule has 0 fully saturated rings. The topological polar surface area (TPSA) is 61.8 Å². The summed E-state index contributed by atoms with van der Waals surface area (Å²) in [6.07, 6.45) is 75.3. The molecule has 5 nitrogen and oxygen atoms in total. The predicted molar refractivity (Wildman–Crippen MR) is 298 cm³/mol. The number of carbonyl (C=O) groups excluding carboxylic acids is 2. The second-order valence-corrected chi connectivity index (χ2v) is 19.9. The van der Waals surface area contributed by atoms with Crippen molar-refractivity contribution in [1.82, 2.24) is 0 Å². The first-order valence-corrected chi connectivity index (χ1v) is 29.8. The largest absolute Gasteiger partial charge is 0.462 e. The number of rotatable bonds is 55. The molecule has 0 aliphatic rings. The average molecular weight is 952 g/mol. The van der Waals surface area contributed by atoms with E-state index in [0.717, 1.165) is 77.0 Å². The van der Waals surface area contributed by atoms with Gasteiger partial charge in [0.1, 0.15) is 6.61 Å². The van der Waals surface area contributed by atoms with Crippen LogP contribution in [-0.2, 0) is 23.8 Å². The van der Waals surface area contributed by atoms with Gasteiger partial charge in [0.15, 0.2) is 6.10 Å². The first-order valence-electron chi connectivity index (χ1n) is 29.8. The first kappa shape index (κ1) is 65.6. The molecule has 0 aromatic carbocycles. The average Bonchev–Trinajstić information content (AvgIpc) is 3.34. The van der Waals surface area contributed by atoms with Crippen LogP contribution in [0.5, 0.6) is 0 Å². The number of allylic oxidation sites excluding steroid dienone is 10. The van der Waals surface area contributed by atoms with Crippen LogP contribution in [0, 0.1) is 0 Å². The quantitative estimate of drug-likeness (QED) is 0.0345. The van der Waals surface area contributed by atoms with E-state index in [4.69, 9.17) is 14.2 Å². The van der Waals surface area contributed by atoms with Crippen LogP contribution in [0.1, 0.15) is 303 Å². The monoisotopic (exact) mass is 951 g/mol. The number of hydrogen-bond acceptors (Lipinski definition) is 5. The molecule has 0 aromatic heterocycles.